The number of rotatable bonds is 19. The highest BCUT2D eigenvalue weighted by Gasteiger charge is 2.19. The number of aliphatic hydroxyl groups is 2. The zero-order chi connectivity index (χ0) is 54.9. The van der Waals surface area contributed by atoms with Gasteiger partial charge < -0.3 is 49.6 Å². The van der Waals surface area contributed by atoms with Crippen LogP contribution in [0.25, 0.3) is 12.2 Å². The molecular weight excluding hydrogens is 996 g/mol. The van der Waals surface area contributed by atoms with Gasteiger partial charge in [-0.15, -0.1) is 32.1 Å². The summed E-state index contributed by atoms with van der Waals surface area (Å²) < 4.78 is 26.2. The number of hydrogen-bond acceptors (Lipinski definition) is 15. The van der Waals surface area contributed by atoms with Crippen LogP contribution in [-0.2, 0) is 26.8 Å². The first-order chi connectivity index (χ1) is 36.1. The lowest BCUT2D eigenvalue weighted by molar-refractivity contribution is -0.113. The summed E-state index contributed by atoms with van der Waals surface area (Å²) in [5.41, 5.74) is 4.95. The molecule has 0 fully saturated rings. The van der Waals surface area contributed by atoms with E-state index in [0.717, 1.165) is 22.3 Å². The quantitative estimate of drug-likeness (QED) is 0.0167. The number of carboxylic acid groups (broad SMARTS) is 1. The number of aliphatic hydroxyl groups excluding tert-OH is 2. The number of allylic oxidation sites excluding steroid dienone is 2. The molecule has 0 bridgehead atoms. The lowest BCUT2D eigenvalue weighted by Crippen LogP contribution is -2.15. The Labute approximate surface area is 446 Å². The molecule has 0 aromatic heterocycles. The van der Waals surface area contributed by atoms with Gasteiger partial charge in [-0.05, 0) is 96.8 Å². The maximum absolute atomic E-state index is 12.7. The van der Waals surface area contributed by atoms with Crippen molar-refractivity contribution in [3.8, 4) is 23.0 Å². The van der Waals surface area contributed by atoms with Gasteiger partial charge in [0.1, 0.15) is 52.5 Å². The number of nitrogens with one attached hydrogen (secondary N) is 2. The van der Waals surface area contributed by atoms with Crippen LogP contribution < -0.4 is 29.6 Å². The van der Waals surface area contributed by atoms with Gasteiger partial charge in [0.05, 0.1) is 50.9 Å². The van der Waals surface area contributed by atoms with Crippen molar-refractivity contribution in [3.63, 3.8) is 0 Å². The van der Waals surface area contributed by atoms with E-state index >= 15 is 0 Å². The van der Waals surface area contributed by atoms with Crippen LogP contribution in [0.15, 0.2) is 190 Å². The van der Waals surface area contributed by atoms with Crippen LogP contribution in [0, 0.1) is 0 Å². The Morgan fingerprint density at radius 2 is 0.947 bits per heavy atom. The van der Waals surface area contributed by atoms with E-state index < -0.39 is 23.8 Å². The molecule has 18 nitrogen and oxygen atoms in total. The number of carbonyl (C=O) groups is 4. The van der Waals surface area contributed by atoms with Crippen molar-refractivity contribution >= 4 is 70.3 Å². The first kappa shape index (κ1) is 60.8. The topological polar surface area (TPSA) is 249 Å². The average Bonchev–Trinajstić information content (AvgIpc) is 3.43. The Balaban J connectivity index is 0.000000342. The van der Waals surface area contributed by atoms with Gasteiger partial charge in [0.25, 0.3) is 11.8 Å². The summed E-state index contributed by atoms with van der Waals surface area (Å²) >= 11 is 5.60. The second-order valence-electron chi connectivity index (χ2n) is 15.3. The molecule has 5 N–H and O–H groups in total. The van der Waals surface area contributed by atoms with E-state index in [4.69, 9.17) is 40.4 Å². The van der Waals surface area contributed by atoms with Crippen LogP contribution in [0.2, 0.25) is 0 Å². The number of hydrogen-bond donors (Lipinski definition) is 5. The number of ether oxygens (including phenoxy) is 5. The lowest BCUT2D eigenvalue weighted by atomic mass is 10.1. The van der Waals surface area contributed by atoms with Crippen molar-refractivity contribution < 1.29 is 58.2 Å². The highest BCUT2D eigenvalue weighted by atomic mass is 35.5. The molecule has 0 saturated heterocycles. The fourth-order valence-electron chi connectivity index (χ4n) is 6.14. The van der Waals surface area contributed by atoms with E-state index in [-0.39, 0.29) is 70.9 Å². The van der Waals surface area contributed by atoms with E-state index in [1.807, 2.05) is 54.6 Å². The average molecular weight is 1060 g/mol. The number of nitrogens with zero attached hydrogens (tertiary/aromatic N) is 4. The number of esters is 1. The van der Waals surface area contributed by atoms with Crippen LogP contribution in [0.1, 0.15) is 64.2 Å². The molecule has 6 aromatic carbocycles. The monoisotopic (exact) mass is 1050 g/mol. The van der Waals surface area contributed by atoms with Crippen molar-refractivity contribution in [1.29, 1.82) is 0 Å². The van der Waals surface area contributed by atoms with Crippen LogP contribution in [0.3, 0.4) is 0 Å². The van der Waals surface area contributed by atoms with Crippen LogP contribution >= 0.6 is 11.6 Å². The van der Waals surface area contributed by atoms with Crippen molar-refractivity contribution in [3.05, 3.63) is 203 Å². The minimum atomic E-state index is -1.12. The van der Waals surface area contributed by atoms with Gasteiger partial charge in [-0.25, -0.2) is 9.59 Å². The standard InChI is InChI=1S/C28H27N3O6.C19H19N3O6.C9H9Cl.CH4/c1-5-19-10-12-20(13-11-19)17-37-28(34)21-14-15-23(25(16-21)36-4)30-31-26(18(2)32)27(33)29-22-8-6-7-9-24(22)35-3;1-11(23)17(18(24)20-13-6-4-5-7-15(13)27-2)22-21-14-9-8-12(19(25)26)10-16(14)28-3;1-2-8-3-5-9(7-10)6-4-8;/h5-16,32H,1,17H2,2-4H3,(H,29,33);4-10,23H,1-3H3,(H,20,24)(H,25,26);2-6H,1,7H2;1H4. The summed E-state index contributed by atoms with van der Waals surface area (Å²) in [6.45, 7) is 10.1. The molecule has 6 rings (SSSR count). The Morgan fingerprint density at radius 1 is 0.553 bits per heavy atom. The van der Waals surface area contributed by atoms with E-state index in [2.05, 4.69) is 44.2 Å². The number of aromatic carboxylic acids is 1. The third-order valence-electron chi connectivity index (χ3n) is 10.1. The summed E-state index contributed by atoms with van der Waals surface area (Å²) in [6, 6.07) is 37.5. The van der Waals surface area contributed by atoms with Gasteiger partial charge in [0.2, 0.25) is 0 Å². The zero-order valence-corrected chi connectivity index (χ0v) is 42.6. The maximum atomic E-state index is 12.7. The van der Waals surface area contributed by atoms with E-state index in [1.54, 1.807) is 54.6 Å². The second kappa shape index (κ2) is 31.1. The summed E-state index contributed by atoms with van der Waals surface area (Å²) in [6.07, 6.45) is 3.55. The number of alkyl halides is 1. The van der Waals surface area contributed by atoms with E-state index in [0.29, 0.717) is 28.8 Å². The summed E-state index contributed by atoms with van der Waals surface area (Å²) in [5.74, 6) is -1.89. The van der Waals surface area contributed by atoms with Gasteiger partial charge in [0, 0.05) is 5.88 Å². The first-order valence-corrected chi connectivity index (χ1v) is 22.9. The van der Waals surface area contributed by atoms with Crippen molar-refractivity contribution in [2.45, 2.75) is 33.8 Å². The molecule has 0 unspecified atom stereocenters. The lowest BCUT2D eigenvalue weighted by Gasteiger charge is -2.10. The van der Waals surface area contributed by atoms with Gasteiger partial charge in [-0.1, -0.05) is 106 Å². The minimum Gasteiger partial charge on any atom is -0.510 e. The molecule has 2 amide bonds. The number of anilines is 2. The number of carbonyl (C=O) groups excluding carboxylic acids is 3. The molecule has 0 spiro atoms. The number of amides is 2. The number of carboxylic acids is 1. The second-order valence-corrected chi connectivity index (χ2v) is 15.5. The molecule has 6 aromatic rings. The van der Waals surface area contributed by atoms with Crippen LogP contribution in [-0.4, -0.2) is 67.5 Å². The predicted octanol–water partition coefficient (Wildman–Crippen LogP) is 13.8. The number of halogens is 1. The van der Waals surface area contributed by atoms with E-state index in [1.165, 1.54) is 78.7 Å². The van der Waals surface area contributed by atoms with Crippen LogP contribution in [0.4, 0.5) is 22.7 Å². The third kappa shape index (κ3) is 18.2. The largest absolute Gasteiger partial charge is 0.510 e. The summed E-state index contributed by atoms with van der Waals surface area (Å²) in [7, 11) is 5.70. The van der Waals surface area contributed by atoms with Crippen molar-refractivity contribution in [2.24, 2.45) is 20.5 Å². The molecule has 0 aliphatic rings. The molecule has 0 heterocycles. The highest BCUT2D eigenvalue weighted by molar-refractivity contribution is 6.17. The van der Waals surface area contributed by atoms with Gasteiger partial charge in [-0.3, -0.25) is 9.59 Å². The highest BCUT2D eigenvalue weighted by Crippen LogP contribution is 2.32. The molecule has 0 atom stereocenters. The number of azo groups is 2. The SMILES string of the molecule is C.C=Cc1ccc(CCl)cc1.C=Cc1ccc(COC(=O)c2ccc(N=NC(C(=O)Nc3ccccc3OC)=C(C)O)c(OC)c2)cc1.COc1cc(C(=O)O)ccc1N=NC(C(=O)Nc1ccccc1OC)=C(C)O. The molecule has 396 valence electrons. The summed E-state index contributed by atoms with van der Waals surface area (Å²) in [5, 5.41) is 49.8. The molecular formula is C57H59ClN6O12. The van der Waals surface area contributed by atoms with Crippen molar-refractivity contribution in [1.82, 2.24) is 0 Å². The van der Waals surface area contributed by atoms with Crippen molar-refractivity contribution in [2.75, 3.05) is 39.1 Å². The fraction of sp³-hybridized carbons (Fsp3) is 0.158. The molecule has 0 aliphatic heterocycles. The third-order valence-corrected chi connectivity index (χ3v) is 10.4. The first-order valence-electron chi connectivity index (χ1n) is 22.4. The summed E-state index contributed by atoms with van der Waals surface area (Å²) in [4.78, 5) is 48.8. The minimum absolute atomic E-state index is 0. The molecule has 0 saturated carbocycles. The number of methoxy groups -OCH3 is 4. The van der Waals surface area contributed by atoms with Gasteiger partial charge in [0.15, 0.2) is 11.4 Å². The Bertz CT molecular complexity index is 3090. The molecule has 0 radical (unpaired) electrons. The Kier molecular flexibility index (Phi) is 24.9. The normalized spacial score (nSPS) is 11.1. The zero-order valence-electron chi connectivity index (χ0n) is 41.9. The number of benzene rings is 6. The molecule has 0 aliphatic carbocycles. The van der Waals surface area contributed by atoms with Crippen LogP contribution in [0.5, 0.6) is 23.0 Å². The predicted molar refractivity (Wildman–Crippen MR) is 294 cm³/mol. The Morgan fingerprint density at radius 3 is 1.33 bits per heavy atom. The van der Waals surface area contributed by atoms with Gasteiger partial charge in [-0.2, -0.15) is 0 Å². The number of para-hydroxylation sites is 4. The molecule has 76 heavy (non-hydrogen) atoms. The fourth-order valence-corrected chi connectivity index (χ4v) is 6.31. The maximum Gasteiger partial charge on any atom is 0.338 e. The smallest absolute Gasteiger partial charge is 0.338 e. The Hall–Kier alpha value is -9.55. The van der Waals surface area contributed by atoms with E-state index in [9.17, 15) is 29.4 Å². The van der Waals surface area contributed by atoms with Gasteiger partial charge >= 0.3 is 11.9 Å². The molecule has 19 heteroatoms.